The van der Waals surface area contributed by atoms with Gasteiger partial charge in [-0.05, 0) is 28.1 Å². The standard InChI is InChI=1S/C13H8BrN5O2/c14-9-5-8(6-15-7-9)12-16-13(18-17-12)10-3-1-2-4-11(10)19(20)21/h1-7H,(H,16,17,18). The van der Waals surface area contributed by atoms with Gasteiger partial charge in [-0.3, -0.25) is 20.2 Å². The number of rotatable bonds is 3. The van der Waals surface area contributed by atoms with E-state index in [9.17, 15) is 10.1 Å². The van der Waals surface area contributed by atoms with Gasteiger partial charge in [0.05, 0.1) is 10.5 Å². The van der Waals surface area contributed by atoms with Crippen LogP contribution < -0.4 is 0 Å². The Hall–Kier alpha value is -2.61. The zero-order valence-electron chi connectivity index (χ0n) is 10.5. The Morgan fingerprint density at radius 2 is 2.05 bits per heavy atom. The molecule has 2 heterocycles. The molecule has 0 spiro atoms. The van der Waals surface area contributed by atoms with E-state index in [0.717, 1.165) is 4.47 Å². The van der Waals surface area contributed by atoms with Gasteiger partial charge in [-0.1, -0.05) is 12.1 Å². The molecule has 0 saturated carbocycles. The number of aromatic amines is 1. The summed E-state index contributed by atoms with van der Waals surface area (Å²) in [6, 6.07) is 8.20. The van der Waals surface area contributed by atoms with Crippen LogP contribution in [-0.4, -0.2) is 25.1 Å². The van der Waals surface area contributed by atoms with E-state index in [1.54, 1.807) is 30.6 Å². The number of hydrogen-bond acceptors (Lipinski definition) is 5. The van der Waals surface area contributed by atoms with Crippen LogP contribution in [0.3, 0.4) is 0 Å². The molecule has 0 unspecified atom stereocenters. The zero-order chi connectivity index (χ0) is 14.8. The third kappa shape index (κ3) is 2.65. The van der Waals surface area contributed by atoms with Crippen molar-refractivity contribution in [1.82, 2.24) is 20.2 Å². The quantitative estimate of drug-likeness (QED) is 0.580. The molecule has 3 rings (SSSR count). The predicted molar refractivity (Wildman–Crippen MR) is 79.4 cm³/mol. The van der Waals surface area contributed by atoms with Gasteiger partial charge in [-0.25, -0.2) is 4.98 Å². The number of benzene rings is 1. The number of nitro groups is 1. The Balaban J connectivity index is 2.05. The second-order valence-corrected chi connectivity index (χ2v) is 5.09. The highest BCUT2D eigenvalue weighted by Gasteiger charge is 2.18. The van der Waals surface area contributed by atoms with Crippen LogP contribution in [0.5, 0.6) is 0 Å². The number of pyridine rings is 1. The van der Waals surface area contributed by atoms with E-state index in [-0.39, 0.29) is 5.69 Å². The van der Waals surface area contributed by atoms with Crippen LogP contribution >= 0.6 is 15.9 Å². The third-order valence-corrected chi connectivity index (χ3v) is 3.24. The highest BCUT2D eigenvalue weighted by atomic mass is 79.9. The van der Waals surface area contributed by atoms with E-state index >= 15 is 0 Å². The van der Waals surface area contributed by atoms with Crippen LogP contribution in [0.4, 0.5) is 5.69 Å². The first-order valence-corrected chi connectivity index (χ1v) is 6.71. The molecule has 0 saturated heterocycles. The lowest BCUT2D eigenvalue weighted by molar-refractivity contribution is -0.384. The van der Waals surface area contributed by atoms with Crippen LogP contribution in [-0.2, 0) is 0 Å². The Morgan fingerprint density at radius 1 is 1.24 bits per heavy atom. The van der Waals surface area contributed by atoms with Gasteiger partial charge in [-0.2, -0.15) is 5.10 Å². The van der Waals surface area contributed by atoms with Gasteiger partial charge in [-0.15, -0.1) is 0 Å². The second kappa shape index (κ2) is 5.41. The summed E-state index contributed by atoms with van der Waals surface area (Å²) in [5.74, 6) is 0.772. The van der Waals surface area contributed by atoms with E-state index in [1.165, 1.54) is 6.07 Å². The number of aromatic nitrogens is 4. The fraction of sp³-hybridized carbons (Fsp3) is 0. The molecule has 1 N–H and O–H groups in total. The van der Waals surface area contributed by atoms with E-state index in [4.69, 9.17) is 0 Å². The smallest absolute Gasteiger partial charge is 0.263 e. The maximum atomic E-state index is 11.0. The summed E-state index contributed by atoms with van der Waals surface area (Å²) in [5, 5.41) is 17.9. The van der Waals surface area contributed by atoms with Crippen LogP contribution in [0.1, 0.15) is 0 Å². The molecular formula is C13H8BrN5O2. The highest BCUT2D eigenvalue weighted by Crippen LogP contribution is 2.28. The van der Waals surface area contributed by atoms with Gasteiger partial charge in [0, 0.05) is 28.5 Å². The minimum absolute atomic E-state index is 0.0208. The molecule has 0 bridgehead atoms. The average Bonchev–Trinajstić information content (AvgIpc) is 2.97. The number of nitrogens with one attached hydrogen (secondary N) is 1. The second-order valence-electron chi connectivity index (χ2n) is 4.17. The van der Waals surface area contributed by atoms with Crippen LogP contribution in [0.2, 0.25) is 0 Å². The Kier molecular flexibility index (Phi) is 3.44. The normalized spacial score (nSPS) is 10.5. The molecule has 0 radical (unpaired) electrons. The monoisotopic (exact) mass is 345 g/mol. The molecule has 0 atom stereocenters. The molecule has 0 fully saturated rings. The summed E-state index contributed by atoms with van der Waals surface area (Å²) in [5.41, 5.74) is 1.09. The molecule has 3 aromatic rings. The summed E-state index contributed by atoms with van der Waals surface area (Å²) in [4.78, 5) is 18.9. The van der Waals surface area contributed by atoms with E-state index < -0.39 is 4.92 Å². The van der Waals surface area contributed by atoms with E-state index in [0.29, 0.717) is 22.8 Å². The summed E-state index contributed by atoms with van der Waals surface area (Å²) < 4.78 is 0.803. The van der Waals surface area contributed by atoms with Crippen molar-refractivity contribution in [2.75, 3.05) is 0 Å². The fourth-order valence-electron chi connectivity index (χ4n) is 1.88. The van der Waals surface area contributed by atoms with Crippen molar-refractivity contribution in [3.8, 4) is 22.8 Å². The first-order valence-electron chi connectivity index (χ1n) is 5.92. The molecule has 0 aliphatic heterocycles. The third-order valence-electron chi connectivity index (χ3n) is 2.80. The first-order chi connectivity index (χ1) is 10.1. The maximum absolute atomic E-state index is 11.0. The summed E-state index contributed by atoms with van der Waals surface area (Å²) >= 11 is 3.32. The topological polar surface area (TPSA) is 97.6 Å². The number of hydrogen-bond donors (Lipinski definition) is 1. The van der Waals surface area contributed by atoms with Crippen molar-refractivity contribution in [1.29, 1.82) is 0 Å². The molecule has 7 nitrogen and oxygen atoms in total. The van der Waals surface area contributed by atoms with Gasteiger partial charge >= 0.3 is 0 Å². The lowest BCUT2D eigenvalue weighted by Crippen LogP contribution is -1.92. The maximum Gasteiger partial charge on any atom is 0.280 e. The Labute approximate surface area is 127 Å². The van der Waals surface area contributed by atoms with Crippen molar-refractivity contribution < 1.29 is 4.92 Å². The average molecular weight is 346 g/mol. The minimum Gasteiger partial charge on any atom is -0.263 e. The molecule has 1 aromatic carbocycles. The predicted octanol–water partition coefficient (Wildman–Crippen LogP) is 3.20. The molecule has 0 aliphatic carbocycles. The molecule has 0 amide bonds. The van der Waals surface area contributed by atoms with Gasteiger partial charge in [0.25, 0.3) is 5.69 Å². The summed E-state index contributed by atoms with van der Waals surface area (Å²) in [6.07, 6.45) is 3.27. The summed E-state index contributed by atoms with van der Waals surface area (Å²) in [6.45, 7) is 0. The SMILES string of the molecule is O=[N+]([O-])c1ccccc1-c1nc(-c2cncc(Br)c2)n[nH]1. The van der Waals surface area contributed by atoms with Gasteiger partial charge < -0.3 is 0 Å². The van der Waals surface area contributed by atoms with Crippen molar-refractivity contribution in [3.05, 3.63) is 57.3 Å². The van der Waals surface area contributed by atoms with Gasteiger partial charge in [0.2, 0.25) is 0 Å². The number of halogens is 1. The molecule has 8 heteroatoms. The molecule has 104 valence electrons. The van der Waals surface area contributed by atoms with E-state index in [2.05, 4.69) is 36.1 Å². The Morgan fingerprint density at radius 3 is 2.81 bits per heavy atom. The number of H-pyrrole nitrogens is 1. The lowest BCUT2D eigenvalue weighted by Gasteiger charge is -1.98. The van der Waals surface area contributed by atoms with Crippen LogP contribution in [0, 0.1) is 10.1 Å². The number of nitro benzene ring substituents is 1. The number of para-hydroxylation sites is 1. The van der Waals surface area contributed by atoms with Crippen molar-refractivity contribution >= 4 is 21.6 Å². The molecule has 21 heavy (non-hydrogen) atoms. The van der Waals surface area contributed by atoms with Crippen LogP contribution in [0.25, 0.3) is 22.8 Å². The zero-order valence-corrected chi connectivity index (χ0v) is 12.1. The lowest BCUT2D eigenvalue weighted by atomic mass is 10.1. The van der Waals surface area contributed by atoms with Crippen LogP contribution in [0.15, 0.2) is 47.2 Å². The first kappa shape index (κ1) is 13.4. The van der Waals surface area contributed by atoms with Crippen molar-refractivity contribution in [3.63, 3.8) is 0 Å². The van der Waals surface area contributed by atoms with Gasteiger partial charge in [0.15, 0.2) is 11.6 Å². The Bertz CT molecular complexity index is 818. The fourth-order valence-corrected chi connectivity index (χ4v) is 2.24. The molecule has 2 aromatic heterocycles. The summed E-state index contributed by atoms with van der Waals surface area (Å²) in [7, 11) is 0. The largest absolute Gasteiger partial charge is 0.280 e. The molecular weight excluding hydrogens is 338 g/mol. The van der Waals surface area contributed by atoms with Crippen molar-refractivity contribution in [2.24, 2.45) is 0 Å². The van der Waals surface area contributed by atoms with Crippen molar-refractivity contribution in [2.45, 2.75) is 0 Å². The van der Waals surface area contributed by atoms with E-state index in [1.807, 2.05) is 6.07 Å². The number of nitrogens with zero attached hydrogens (tertiary/aromatic N) is 4. The minimum atomic E-state index is -0.446. The van der Waals surface area contributed by atoms with Gasteiger partial charge in [0.1, 0.15) is 0 Å². The highest BCUT2D eigenvalue weighted by molar-refractivity contribution is 9.10. The molecule has 0 aliphatic rings.